The fourth-order valence-corrected chi connectivity index (χ4v) is 2.06. The molecule has 0 aliphatic heterocycles. The van der Waals surface area contributed by atoms with Crippen LogP contribution in [0.5, 0.6) is 0 Å². The van der Waals surface area contributed by atoms with Gasteiger partial charge < -0.3 is 4.74 Å². The second-order valence-electron chi connectivity index (χ2n) is 5.13. The zero-order valence-electron chi connectivity index (χ0n) is 14.1. The van der Waals surface area contributed by atoms with Crippen LogP contribution >= 0.6 is 0 Å². The number of carbonyl (C=O) groups excluding carboxylic acids is 1. The number of tetrazole rings is 1. The van der Waals surface area contributed by atoms with Crippen LogP contribution in [-0.4, -0.2) is 56.8 Å². The molecule has 0 spiro atoms. The molecule has 0 saturated carbocycles. The molecule has 24 heavy (non-hydrogen) atoms. The third-order valence-corrected chi connectivity index (χ3v) is 3.48. The van der Waals surface area contributed by atoms with Crippen LogP contribution in [0.15, 0.2) is 30.6 Å². The van der Waals surface area contributed by atoms with Crippen molar-refractivity contribution < 1.29 is 9.53 Å². The SMILES string of the molecule is CCN(CC)CC#C[C@H](C)OC(=O)c1cccc(-n2cnnn2)c1. The van der Waals surface area contributed by atoms with E-state index >= 15 is 0 Å². The van der Waals surface area contributed by atoms with Gasteiger partial charge in [-0.15, -0.1) is 5.10 Å². The van der Waals surface area contributed by atoms with E-state index in [0.29, 0.717) is 17.8 Å². The van der Waals surface area contributed by atoms with Crippen LogP contribution in [0.4, 0.5) is 0 Å². The fraction of sp³-hybridized carbons (Fsp3) is 0.412. The number of benzene rings is 1. The molecule has 7 heteroatoms. The highest BCUT2D eigenvalue weighted by Gasteiger charge is 2.11. The maximum Gasteiger partial charge on any atom is 0.339 e. The van der Waals surface area contributed by atoms with Crippen LogP contribution in [-0.2, 0) is 4.74 Å². The smallest absolute Gasteiger partial charge is 0.339 e. The second-order valence-corrected chi connectivity index (χ2v) is 5.13. The molecule has 2 rings (SSSR count). The molecular weight excluding hydrogens is 306 g/mol. The minimum atomic E-state index is -0.468. The maximum atomic E-state index is 12.2. The number of nitrogens with zero attached hydrogens (tertiary/aromatic N) is 5. The number of rotatable bonds is 6. The van der Waals surface area contributed by atoms with Crippen LogP contribution < -0.4 is 0 Å². The molecule has 0 radical (unpaired) electrons. The molecule has 1 aromatic carbocycles. The first-order valence-electron chi connectivity index (χ1n) is 7.89. The van der Waals surface area contributed by atoms with Gasteiger partial charge in [-0.1, -0.05) is 31.8 Å². The molecule has 1 heterocycles. The molecule has 0 saturated heterocycles. The fourth-order valence-electron chi connectivity index (χ4n) is 2.06. The standard InChI is InChI=1S/C17H21N5O2/c1-4-21(5-2)11-7-8-14(3)24-17(23)15-9-6-10-16(12-15)22-13-18-19-20-22/h6,9-10,12-14H,4-5,11H2,1-3H3/t14-/m0/s1. The van der Waals surface area contributed by atoms with Crippen molar-refractivity contribution in [2.24, 2.45) is 0 Å². The van der Waals surface area contributed by atoms with Crippen molar-refractivity contribution in [2.45, 2.75) is 26.9 Å². The Morgan fingerprint density at radius 1 is 1.38 bits per heavy atom. The van der Waals surface area contributed by atoms with E-state index in [1.807, 2.05) is 0 Å². The summed E-state index contributed by atoms with van der Waals surface area (Å²) in [5.41, 5.74) is 1.12. The Hall–Kier alpha value is -2.72. The molecule has 1 aromatic heterocycles. The van der Waals surface area contributed by atoms with Crippen molar-refractivity contribution in [2.75, 3.05) is 19.6 Å². The van der Waals surface area contributed by atoms with Gasteiger partial charge in [-0.25, -0.2) is 9.48 Å². The zero-order valence-corrected chi connectivity index (χ0v) is 14.1. The van der Waals surface area contributed by atoms with Gasteiger partial charge in [-0.05, 0) is 48.6 Å². The third-order valence-electron chi connectivity index (χ3n) is 3.48. The Morgan fingerprint density at radius 2 is 2.17 bits per heavy atom. The molecule has 0 amide bonds. The number of carbonyl (C=O) groups is 1. The Labute approximate surface area is 141 Å². The van der Waals surface area contributed by atoms with Crippen molar-refractivity contribution in [1.29, 1.82) is 0 Å². The molecule has 0 N–H and O–H groups in total. The molecule has 2 aromatic rings. The van der Waals surface area contributed by atoms with Gasteiger partial charge in [-0.3, -0.25) is 4.90 Å². The molecular formula is C17H21N5O2. The summed E-state index contributed by atoms with van der Waals surface area (Å²) >= 11 is 0. The van der Waals surface area contributed by atoms with Crippen molar-refractivity contribution >= 4 is 5.97 Å². The molecule has 0 aliphatic rings. The predicted molar refractivity (Wildman–Crippen MR) is 89.6 cm³/mol. The number of hydrogen-bond acceptors (Lipinski definition) is 6. The summed E-state index contributed by atoms with van der Waals surface area (Å²) in [5, 5.41) is 11.0. The van der Waals surface area contributed by atoms with Crippen molar-refractivity contribution in [3.05, 3.63) is 36.2 Å². The van der Waals surface area contributed by atoms with E-state index < -0.39 is 12.1 Å². The lowest BCUT2D eigenvalue weighted by atomic mass is 10.2. The first kappa shape index (κ1) is 17.6. The molecule has 0 fully saturated rings. The van der Waals surface area contributed by atoms with Gasteiger partial charge in [0.2, 0.25) is 0 Å². The highest BCUT2D eigenvalue weighted by Crippen LogP contribution is 2.10. The monoisotopic (exact) mass is 327 g/mol. The van der Waals surface area contributed by atoms with Crippen LogP contribution in [0.25, 0.3) is 5.69 Å². The van der Waals surface area contributed by atoms with Gasteiger partial charge in [-0.2, -0.15) is 0 Å². The normalized spacial score (nSPS) is 11.7. The van der Waals surface area contributed by atoms with Crippen LogP contribution in [0.3, 0.4) is 0 Å². The van der Waals surface area contributed by atoms with Crippen LogP contribution in [0.2, 0.25) is 0 Å². The van der Waals surface area contributed by atoms with Gasteiger partial charge in [0, 0.05) is 0 Å². The summed E-state index contributed by atoms with van der Waals surface area (Å²) < 4.78 is 6.84. The van der Waals surface area contributed by atoms with E-state index in [2.05, 4.69) is 46.1 Å². The lowest BCUT2D eigenvalue weighted by molar-refractivity contribution is 0.0438. The topological polar surface area (TPSA) is 73.1 Å². The average molecular weight is 327 g/mol. The second kappa shape index (κ2) is 8.79. The van der Waals surface area contributed by atoms with E-state index in [4.69, 9.17) is 4.74 Å². The molecule has 0 unspecified atom stereocenters. The van der Waals surface area contributed by atoms with Gasteiger partial charge in [0.05, 0.1) is 17.8 Å². The lowest BCUT2D eigenvalue weighted by Gasteiger charge is -2.13. The van der Waals surface area contributed by atoms with Gasteiger partial charge in [0.15, 0.2) is 6.10 Å². The average Bonchev–Trinajstić information content (AvgIpc) is 3.13. The van der Waals surface area contributed by atoms with Crippen molar-refractivity contribution in [3.8, 4) is 17.5 Å². The largest absolute Gasteiger partial charge is 0.446 e. The molecule has 126 valence electrons. The minimum absolute atomic E-state index is 0.422. The number of aromatic nitrogens is 4. The number of hydrogen-bond donors (Lipinski definition) is 0. The number of esters is 1. The summed E-state index contributed by atoms with van der Waals surface area (Å²) in [5.74, 6) is 5.58. The number of ether oxygens (including phenoxy) is 1. The van der Waals surface area contributed by atoms with E-state index in [1.165, 1.54) is 11.0 Å². The Kier molecular flexibility index (Phi) is 6.46. The van der Waals surface area contributed by atoms with Gasteiger partial charge >= 0.3 is 5.97 Å². The lowest BCUT2D eigenvalue weighted by Crippen LogP contribution is -2.23. The quantitative estimate of drug-likeness (QED) is 0.592. The molecule has 0 bridgehead atoms. The predicted octanol–water partition coefficient (Wildman–Crippen LogP) is 1.55. The zero-order chi connectivity index (χ0) is 17.4. The van der Waals surface area contributed by atoms with Crippen molar-refractivity contribution in [1.82, 2.24) is 25.1 Å². The molecule has 1 atom stereocenters. The first-order chi connectivity index (χ1) is 11.6. The van der Waals surface area contributed by atoms with Gasteiger partial charge in [0.25, 0.3) is 0 Å². The van der Waals surface area contributed by atoms with E-state index in [0.717, 1.165) is 13.1 Å². The molecule has 7 nitrogen and oxygen atoms in total. The van der Waals surface area contributed by atoms with Crippen LogP contribution in [0, 0.1) is 11.8 Å². The third kappa shape index (κ3) is 4.89. The van der Waals surface area contributed by atoms with E-state index in [9.17, 15) is 4.79 Å². The van der Waals surface area contributed by atoms with Crippen molar-refractivity contribution in [3.63, 3.8) is 0 Å². The summed E-state index contributed by atoms with van der Waals surface area (Å²) in [4.78, 5) is 14.4. The summed E-state index contributed by atoms with van der Waals surface area (Å²) in [6, 6.07) is 6.92. The Morgan fingerprint density at radius 3 is 2.83 bits per heavy atom. The van der Waals surface area contributed by atoms with E-state index in [-0.39, 0.29) is 0 Å². The first-order valence-corrected chi connectivity index (χ1v) is 7.89. The minimum Gasteiger partial charge on any atom is -0.446 e. The summed E-state index contributed by atoms with van der Waals surface area (Å²) in [7, 11) is 0. The van der Waals surface area contributed by atoms with Gasteiger partial charge in [0.1, 0.15) is 6.33 Å². The Balaban J connectivity index is 1.97. The summed E-state index contributed by atoms with van der Waals surface area (Å²) in [6.45, 7) is 8.51. The molecule has 0 aliphatic carbocycles. The highest BCUT2D eigenvalue weighted by molar-refractivity contribution is 5.90. The highest BCUT2D eigenvalue weighted by atomic mass is 16.5. The van der Waals surface area contributed by atoms with E-state index in [1.54, 1.807) is 31.2 Å². The Bertz CT molecular complexity index is 714. The maximum absolute atomic E-state index is 12.2. The van der Waals surface area contributed by atoms with Crippen LogP contribution in [0.1, 0.15) is 31.1 Å². The summed E-state index contributed by atoms with van der Waals surface area (Å²) in [6.07, 6.45) is 0.996.